The summed E-state index contributed by atoms with van der Waals surface area (Å²) in [5.41, 5.74) is 2.41. The van der Waals surface area contributed by atoms with Crippen molar-refractivity contribution in [2.75, 3.05) is 17.6 Å². The quantitative estimate of drug-likeness (QED) is 0.826. The lowest BCUT2D eigenvalue weighted by Crippen LogP contribution is -2.27. The normalized spacial score (nSPS) is 18.7. The molecule has 0 radical (unpaired) electrons. The highest BCUT2D eigenvalue weighted by atomic mass is 35.5. The van der Waals surface area contributed by atoms with E-state index in [1.807, 2.05) is 25.1 Å². The molecular weight excluding hydrogens is 252 g/mol. The molecule has 0 unspecified atom stereocenters. The van der Waals surface area contributed by atoms with Gasteiger partial charge < -0.3 is 5.32 Å². The van der Waals surface area contributed by atoms with Crippen LogP contribution in [0.2, 0.25) is 5.02 Å². The Kier molecular flexibility index (Phi) is 3.69. The summed E-state index contributed by atoms with van der Waals surface area (Å²) in [5, 5.41) is 5.09. The van der Waals surface area contributed by atoms with E-state index in [2.05, 4.69) is 24.2 Å². The van der Waals surface area contributed by atoms with Crippen molar-refractivity contribution in [1.29, 1.82) is 0 Å². The number of nitrogens with zero attached hydrogens (tertiary/aromatic N) is 1. The smallest absolute Gasteiger partial charge is 0.161 e. The van der Waals surface area contributed by atoms with Gasteiger partial charge in [-0.15, -0.1) is 0 Å². The third-order valence-electron chi connectivity index (χ3n) is 2.67. The van der Waals surface area contributed by atoms with Crippen molar-refractivity contribution in [2.24, 2.45) is 10.4 Å². The first kappa shape index (κ1) is 12.8. The fourth-order valence-corrected chi connectivity index (χ4v) is 2.66. The molecule has 0 aliphatic carbocycles. The Hall–Kier alpha value is -0.670. The van der Waals surface area contributed by atoms with Crippen molar-refractivity contribution < 1.29 is 0 Å². The summed E-state index contributed by atoms with van der Waals surface area (Å²) in [6, 6.07) is 5.99. The van der Waals surface area contributed by atoms with Crippen LogP contribution in [0.1, 0.15) is 19.4 Å². The minimum Gasteiger partial charge on any atom is -0.335 e. The number of hydrogen-bond donors (Lipinski definition) is 1. The molecule has 92 valence electrons. The SMILES string of the molecule is Cc1ccc(NC2=NCC(C)(C)CS2)cc1Cl. The molecule has 17 heavy (non-hydrogen) atoms. The molecule has 0 bridgehead atoms. The Balaban J connectivity index is 2.07. The van der Waals surface area contributed by atoms with E-state index in [0.29, 0.717) is 5.41 Å². The number of nitrogens with one attached hydrogen (secondary N) is 1. The summed E-state index contributed by atoms with van der Waals surface area (Å²) >= 11 is 7.86. The van der Waals surface area contributed by atoms with Gasteiger partial charge in [0.15, 0.2) is 5.17 Å². The largest absolute Gasteiger partial charge is 0.335 e. The van der Waals surface area contributed by atoms with E-state index in [9.17, 15) is 0 Å². The highest BCUT2D eigenvalue weighted by Crippen LogP contribution is 2.29. The van der Waals surface area contributed by atoms with Gasteiger partial charge in [0.25, 0.3) is 0 Å². The number of amidine groups is 1. The Morgan fingerprint density at radius 3 is 2.76 bits per heavy atom. The molecule has 0 saturated carbocycles. The zero-order chi connectivity index (χ0) is 12.5. The third kappa shape index (κ3) is 3.39. The van der Waals surface area contributed by atoms with Crippen molar-refractivity contribution in [3.63, 3.8) is 0 Å². The van der Waals surface area contributed by atoms with E-state index in [-0.39, 0.29) is 0 Å². The summed E-state index contributed by atoms with van der Waals surface area (Å²) < 4.78 is 0. The first-order valence-electron chi connectivity index (χ1n) is 5.67. The number of halogens is 1. The van der Waals surface area contributed by atoms with E-state index >= 15 is 0 Å². The lowest BCUT2D eigenvalue weighted by atomic mass is 9.97. The summed E-state index contributed by atoms with van der Waals surface area (Å²) in [6.07, 6.45) is 0. The second kappa shape index (κ2) is 4.91. The first-order valence-corrected chi connectivity index (χ1v) is 7.03. The number of hydrogen-bond acceptors (Lipinski definition) is 3. The maximum absolute atomic E-state index is 6.09. The van der Waals surface area contributed by atoms with Crippen LogP contribution in [0.3, 0.4) is 0 Å². The van der Waals surface area contributed by atoms with Crippen molar-refractivity contribution in [3.05, 3.63) is 28.8 Å². The Morgan fingerprint density at radius 1 is 1.41 bits per heavy atom. The first-order chi connectivity index (χ1) is 7.96. The van der Waals surface area contributed by atoms with Crippen molar-refractivity contribution in [2.45, 2.75) is 20.8 Å². The maximum atomic E-state index is 6.09. The van der Waals surface area contributed by atoms with Gasteiger partial charge >= 0.3 is 0 Å². The monoisotopic (exact) mass is 268 g/mol. The van der Waals surface area contributed by atoms with Gasteiger partial charge in [-0.1, -0.05) is 43.3 Å². The molecule has 1 aliphatic rings. The second-order valence-electron chi connectivity index (χ2n) is 5.16. The molecule has 1 aromatic rings. The molecule has 1 N–H and O–H groups in total. The lowest BCUT2D eigenvalue weighted by Gasteiger charge is -2.27. The van der Waals surface area contributed by atoms with Gasteiger partial charge in [-0.05, 0) is 30.0 Å². The summed E-state index contributed by atoms with van der Waals surface area (Å²) in [5.74, 6) is 1.10. The molecular formula is C13H17ClN2S. The average molecular weight is 269 g/mol. The second-order valence-corrected chi connectivity index (χ2v) is 6.53. The van der Waals surface area contributed by atoms with Gasteiger partial charge in [0.2, 0.25) is 0 Å². The zero-order valence-corrected chi connectivity index (χ0v) is 12.0. The molecule has 0 atom stereocenters. The molecule has 4 heteroatoms. The van der Waals surface area contributed by atoms with Crippen LogP contribution in [0.5, 0.6) is 0 Å². The molecule has 2 rings (SSSR count). The van der Waals surface area contributed by atoms with Crippen molar-refractivity contribution in [1.82, 2.24) is 0 Å². The molecule has 0 spiro atoms. The summed E-state index contributed by atoms with van der Waals surface area (Å²) in [7, 11) is 0. The van der Waals surface area contributed by atoms with Crippen molar-refractivity contribution >= 4 is 34.2 Å². The highest BCUT2D eigenvalue weighted by Gasteiger charge is 2.23. The van der Waals surface area contributed by atoms with Gasteiger partial charge in [-0.25, -0.2) is 0 Å². The Bertz CT molecular complexity index is 455. The zero-order valence-electron chi connectivity index (χ0n) is 10.4. The molecule has 1 aliphatic heterocycles. The van der Waals surface area contributed by atoms with E-state index in [1.54, 1.807) is 11.8 Å². The Labute approximate surface area is 112 Å². The van der Waals surface area contributed by atoms with E-state index < -0.39 is 0 Å². The van der Waals surface area contributed by atoms with Crippen molar-refractivity contribution in [3.8, 4) is 0 Å². The van der Waals surface area contributed by atoms with E-state index in [4.69, 9.17) is 11.6 Å². The van der Waals surface area contributed by atoms with Crippen LogP contribution in [0.4, 0.5) is 5.69 Å². The molecule has 1 aromatic carbocycles. The molecule has 0 saturated heterocycles. The van der Waals surface area contributed by atoms with E-state index in [1.165, 1.54) is 0 Å². The number of aliphatic imine (C=N–C) groups is 1. The van der Waals surface area contributed by atoms with Crippen LogP contribution in [-0.4, -0.2) is 17.5 Å². The van der Waals surface area contributed by atoms with E-state index in [0.717, 1.165) is 33.7 Å². The fraction of sp³-hybridized carbons (Fsp3) is 0.462. The summed E-state index contributed by atoms with van der Waals surface area (Å²) in [6.45, 7) is 7.36. The minimum atomic E-state index is 0.306. The number of anilines is 1. The molecule has 0 fully saturated rings. The highest BCUT2D eigenvalue weighted by molar-refractivity contribution is 8.14. The molecule has 0 amide bonds. The number of thioether (sulfide) groups is 1. The minimum absolute atomic E-state index is 0.306. The standard InChI is InChI=1S/C13H17ClN2S/c1-9-4-5-10(6-11(9)14)16-12-15-7-13(2,3)8-17-12/h4-6H,7-8H2,1-3H3,(H,15,16). The average Bonchev–Trinajstić information content (AvgIpc) is 2.27. The van der Waals surface area contributed by atoms with Crippen LogP contribution in [0.25, 0.3) is 0 Å². The summed E-state index contributed by atoms with van der Waals surface area (Å²) in [4.78, 5) is 4.56. The predicted molar refractivity (Wildman–Crippen MR) is 78.4 cm³/mol. The number of benzene rings is 1. The third-order valence-corrected chi connectivity index (χ3v) is 4.51. The van der Waals surface area contributed by atoms with Gasteiger partial charge in [-0.3, -0.25) is 4.99 Å². The molecule has 1 heterocycles. The Morgan fingerprint density at radius 2 is 2.18 bits per heavy atom. The van der Waals surface area contributed by atoms with Gasteiger partial charge in [0.05, 0.1) is 0 Å². The van der Waals surface area contributed by atoms with Crippen LogP contribution >= 0.6 is 23.4 Å². The van der Waals surface area contributed by atoms with Crippen LogP contribution in [-0.2, 0) is 0 Å². The van der Waals surface area contributed by atoms with Gasteiger partial charge in [0, 0.05) is 23.0 Å². The van der Waals surface area contributed by atoms with Crippen LogP contribution in [0, 0.1) is 12.3 Å². The predicted octanol–water partition coefficient (Wildman–Crippen LogP) is 4.19. The van der Waals surface area contributed by atoms with Crippen LogP contribution < -0.4 is 5.32 Å². The van der Waals surface area contributed by atoms with Crippen LogP contribution in [0.15, 0.2) is 23.2 Å². The maximum Gasteiger partial charge on any atom is 0.161 e. The number of rotatable bonds is 1. The van der Waals surface area contributed by atoms with Gasteiger partial charge in [-0.2, -0.15) is 0 Å². The topological polar surface area (TPSA) is 24.4 Å². The molecule has 0 aromatic heterocycles. The lowest BCUT2D eigenvalue weighted by molar-refractivity contribution is 0.438. The van der Waals surface area contributed by atoms with Gasteiger partial charge in [0.1, 0.15) is 0 Å². The molecule has 2 nitrogen and oxygen atoms in total. The fourth-order valence-electron chi connectivity index (χ4n) is 1.51. The number of aryl methyl sites for hydroxylation is 1.